The van der Waals surface area contributed by atoms with Crippen molar-refractivity contribution >= 4 is 0 Å². The van der Waals surface area contributed by atoms with Gasteiger partial charge in [-0.25, -0.2) is 0 Å². The van der Waals surface area contributed by atoms with E-state index in [4.69, 9.17) is 9.47 Å². The Morgan fingerprint density at radius 1 is 1.29 bits per heavy atom. The molecule has 82 valence electrons. The van der Waals surface area contributed by atoms with Gasteiger partial charge in [0.15, 0.2) is 0 Å². The molecule has 2 fully saturated rings. The van der Waals surface area contributed by atoms with Crippen molar-refractivity contribution in [1.29, 1.82) is 0 Å². The first-order valence-electron chi connectivity index (χ1n) is 5.60. The summed E-state index contributed by atoms with van der Waals surface area (Å²) in [6.07, 6.45) is 6.25. The molecule has 0 aromatic carbocycles. The smallest absolute Gasteiger partial charge is 0.119 e. The molecule has 1 heterocycles. The molecule has 2 rings (SSSR count). The molecule has 1 N–H and O–H groups in total. The van der Waals surface area contributed by atoms with Crippen molar-refractivity contribution in [2.75, 3.05) is 20.3 Å². The van der Waals surface area contributed by atoms with Crippen LogP contribution in [0.2, 0.25) is 0 Å². The van der Waals surface area contributed by atoms with E-state index in [1.54, 1.807) is 7.11 Å². The Morgan fingerprint density at radius 2 is 2.00 bits per heavy atom. The summed E-state index contributed by atoms with van der Waals surface area (Å²) in [5.74, 6) is 0. The molecule has 0 radical (unpaired) electrons. The van der Waals surface area contributed by atoms with Crippen molar-refractivity contribution in [3.8, 4) is 0 Å². The summed E-state index contributed by atoms with van der Waals surface area (Å²) in [5, 5.41) is 3.64. The molecule has 1 atom stereocenters. The lowest BCUT2D eigenvalue weighted by Crippen LogP contribution is -2.53. The molecule has 0 bridgehead atoms. The van der Waals surface area contributed by atoms with Crippen LogP contribution in [0.5, 0.6) is 0 Å². The molecule has 1 spiro atoms. The van der Waals surface area contributed by atoms with Crippen LogP contribution in [-0.2, 0) is 9.47 Å². The summed E-state index contributed by atoms with van der Waals surface area (Å²) in [6, 6.07) is 0. The highest BCUT2D eigenvalue weighted by Crippen LogP contribution is 2.36. The molecule has 2 aliphatic rings. The van der Waals surface area contributed by atoms with Crippen LogP contribution >= 0.6 is 0 Å². The van der Waals surface area contributed by atoms with Crippen molar-refractivity contribution in [2.24, 2.45) is 0 Å². The van der Waals surface area contributed by atoms with Crippen LogP contribution < -0.4 is 5.32 Å². The molecule has 1 saturated carbocycles. The summed E-state index contributed by atoms with van der Waals surface area (Å²) < 4.78 is 11.2. The number of nitrogens with one attached hydrogen (secondary N) is 1. The Balaban J connectivity index is 1.98. The van der Waals surface area contributed by atoms with Gasteiger partial charge in [0.1, 0.15) is 5.72 Å². The molecule has 1 aliphatic heterocycles. The van der Waals surface area contributed by atoms with Crippen molar-refractivity contribution in [2.45, 2.75) is 50.3 Å². The highest BCUT2D eigenvalue weighted by atomic mass is 16.5. The predicted octanol–water partition coefficient (Wildman–Crippen LogP) is 1.67. The van der Waals surface area contributed by atoms with Gasteiger partial charge in [-0.15, -0.1) is 0 Å². The second-order valence-corrected chi connectivity index (χ2v) is 4.96. The number of methoxy groups -OCH3 is 1. The summed E-state index contributed by atoms with van der Waals surface area (Å²) in [5.41, 5.74) is -0.00236. The molecule has 1 aliphatic carbocycles. The Bertz CT molecular complexity index is 201. The summed E-state index contributed by atoms with van der Waals surface area (Å²) >= 11 is 0. The Hall–Kier alpha value is -0.120. The Labute approximate surface area is 86.2 Å². The highest BCUT2D eigenvalue weighted by Gasteiger charge is 2.46. The SMILES string of the molecule is COCC1(C)COC2(CCCCC2)N1. The van der Waals surface area contributed by atoms with Gasteiger partial charge in [-0.05, 0) is 32.6 Å². The van der Waals surface area contributed by atoms with Gasteiger partial charge in [-0.3, -0.25) is 5.32 Å². The maximum absolute atomic E-state index is 5.96. The molecule has 1 unspecified atom stereocenters. The van der Waals surface area contributed by atoms with Crippen LogP contribution in [0, 0.1) is 0 Å². The van der Waals surface area contributed by atoms with Gasteiger partial charge in [0.25, 0.3) is 0 Å². The number of hydrogen-bond acceptors (Lipinski definition) is 3. The third-order valence-electron chi connectivity index (χ3n) is 3.32. The van der Waals surface area contributed by atoms with E-state index in [-0.39, 0.29) is 11.3 Å². The summed E-state index contributed by atoms with van der Waals surface area (Å²) in [7, 11) is 1.75. The first-order chi connectivity index (χ1) is 6.68. The molecular weight excluding hydrogens is 178 g/mol. The molecule has 14 heavy (non-hydrogen) atoms. The van der Waals surface area contributed by atoms with E-state index in [0.717, 1.165) is 26.1 Å². The van der Waals surface area contributed by atoms with E-state index in [1.807, 2.05) is 0 Å². The fourth-order valence-electron chi connectivity index (χ4n) is 2.71. The second kappa shape index (κ2) is 3.80. The van der Waals surface area contributed by atoms with Crippen molar-refractivity contribution in [3.05, 3.63) is 0 Å². The van der Waals surface area contributed by atoms with Gasteiger partial charge >= 0.3 is 0 Å². The molecule has 0 amide bonds. The minimum atomic E-state index is -0.0223. The predicted molar refractivity (Wildman–Crippen MR) is 55.2 cm³/mol. The van der Waals surface area contributed by atoms with Gasteiger partial charge in [0, 0.05) is 7.11 Å². The van der Waals surface area contributed by atoms with Crippen molar-refractivity contribution in [3.63, 3.8) is 0 Å². The normalized spacial score (nSPS) is 36.4. The van der Waals surface area contributed by atoms with E-state index < -0.39 is 0 Å². The molecule has 1 saturated heterocycles. The summed E-state index contributed by atoms with van der Waals surface area (Å²) in [6.45, 7) is 3.69. The van der Waals surface area contributed by atoms with Crippen molar-refractivity contribution < 1.29 is 9.47 Å². The molecule has 0 aromatic heterocycles. The fourth-order valence-corrected chi connectivity index (χ4v) is 2.71. The Morgan fingerprint density at radius 3 is 2.64 bits per heavy atom. The highest BCUT2D eigenvalue weighted by molar-refractivity contribution is 4.98. The fraction of sp³-hybridized carbons (Fsp3) is 1.00. The standard InChI is InChI=1S/C11H21NO2/c1-10(8-13-2)9-14-11(12-10)6-4-3-5-7-11/h12H,3-9H2,1-2H3. The van der Waals surface area contributed by atoms with Crippen LogP contribution in [0.15, 0.2) is 0 Å². The molecule has 3 heteroatoms. The van der Waals surface area contributed by atoms with E-state index in [1.165, 1.54) is 19.3 Å². The molecule has 3 nitrogen and oxygen atoms in total. The van der Waals surface area contributed by atoms with Crippen LogP contribution in [-0.4, -0.2) is 31.6 Å². The van der Waals surface area contributed by atoms with Crippen LogP contribution in [0.1, 0.15) is 39.0 Å². The van der Waals surface area contributed by atoms with Crippen molar-refractivity contribution in [1.82, 2.24) is 5.32 Å². The van der Waals surface area contributed by atoms with E-state index in [2.05, 4.69) is 12.2 Å². The monoisotopic (exact) mass is 199 g/mol. The number of rotatable bonds is 2. The van der Waals surface area contributed by atoms with Gasteiger partial charge in [-0.2, -0.15) is 0 Å². The van der Waals surface area contributed by atoms with E-state index in [9.17, 15) is 0 Å². The van der Waals surface area contributed by atoms with Gasteiger partial charge in [-0.1, -0.05) is 6.42 Å². The van der Waals surface area contributed by atoms with Gasteiger partial charge in [0.05, 0.1) is 18.8 Å². The largest absolute Gasteiger partial charge is 0.383 e. The topological polar surface area (TPSA) is 30.5 Å². The lowest BCUT2D eigenvalue weighted by atomic mass is 9.91. The molecular formula is C11H21NO2. The molecule has 0 aromatic rings. The van der Waals surface area contributed by atoms with Crippen LogP contribution in [0.25, 0.3) is 0 Å². The Kier molecular flexibility index (Phi) is 2.82. The number of hydrogen-bond donors (Lipinski definition) is 1. The van der Waals surface area contributed by atoms with E-state index >= 15 is 0 Å². The maximum Gasteiger partial charge on any atom is 0.119 e. The third kappa shape index (κ3) is 1.95. The lowest BCUT2D eigenvalue weighted by molar-refractivity contribution is -0.0384. The van der Waals surface area contributed by atoms with Gasteiger partial charge < -0.3 is 9.47 Å². The zero-order valence-electron chi connectivity index (χ0n) is 9.27. The minimum absolute atomic E-state index is 0.0199. The number of ether oxygens (including phenoxy) is 2. The zero-order valence-corrected chi connectivity index (χ0v) is 9.27. The van der Waals surface area contributed by atoms with Gasteiger partial charge in [0.2, 0.25) is 0 Å². The summed E-state index contributed by atoms with van der Waals surface area (Å²) in [4.78, 5) is 0. The average Bonchev–Trinajstić information content (AvgIpc) is 2.46. The lowest BCUT2D eigenvalue weighted by Gasteiger charge is -2.34. The quantitative estimate of drug-likeness (QED) is 0.734. The third-order valence-corrected chi connectivity index (χ3v) is 3.32. The minimum Gasteiger partial charge on any atom is -0.383 e. The second-order valence-electron chi connectivity index (χ2n) is 4.96. The maximum atomic E-state index is 5.96. The van der Waals surface area contributed by atoms with Crippen LogP contribution in [0.3, 0.4) is 0 Å². The van der Waals surface area contributed by atoms with E-state index in [0.29, 0.717) is 0 Å². The zero-order chi connectivity index (χ0) is 10.1. The first-order valence-corrected chi connectivity index (χ1v) is 5.60. The van der Waals surface area contributed by atoms with Crippen LogP contribution in [0.4, 0.5) is 0 Å². The first kappa shape index (κ1) is 10.4. The average molecular weight is 199 g/mol.